The highest BCUT2D eigenvalue weighted by Gasteiger charge is 2.66. The Morgan fingerprint density at radius 3 is 2.62 bits per heavy atom. The minimum atomic E-state index is 0.0110. The number of amides is 1. The molecule has 1 heterocycles. The molecule has 1 amide bonds. The maximum Gasteiger partial charge on any atom is 0.228 e. The van der Waals surface area contributed by atoms with Crippen LogP contribution >= 0.6 is 23.2 Å². The summed E-state index contributed by atoms with van der Waals surface area (Å²) in [6, 6.07) is 3.93. The Bertz CT molecular complexity index is 642. The lowest BCUT2D eigenvalue weighted by atomic mass is 9.95. The molecule has 5 unspecified atom stereocenters. The number of halogens is 2. The van der Waals surface area contributed by atoms with Gasteiger partial charge in [-0.2, -0.15) is 0 Å². The molecule has 1 aromatic carbocycles. The molecule has 1 N–H and O–H groups in total. The molecule has 4 heteroatoms. The van der Waals surface area contributed by atoms with Crippen molar-refractivity contribution < 1.29 is 4.79 Å². The van der Waals surface area contributed by atoms with Gasteiger partial charge in [0, 0.05) is 10.7 Å². The molecular weight excluding hydrogens is 305 g/mol. The van der Waals surface area contributed by atoms with Crippen molar-refractivity contribution in [2.75, 3.05) is 5.32 Å². The number of hydrogen-bond donors (Lipinski definition) is 1. The molecule has 2 nitrogen and oxygen atoms in total. The van der Waals surface area contributed by atoms with E-state index >= 15 is 0 Å². The van der Waals surface area contributed by atoms with Crippen LogP contribution in [0.3, 0.4) is 0 Å². The van der Waals surface area contributed by atoms with Gasteiger partial charge in [0.2, 0.25) is 5.91 Å². The van der Waals surface area contributed by atoms with Gasteiger partial charge in [-0.05, 0) is 66.0 Å². The summed E-state index contributed by atoms with van der Waals surface area (Å²) in [5.41, 5.74) is 2.93. The van der Waals surface area contributed by atoms with Crippen molar-refractivity contribution >= 4 is 34.8 Å². The third-order valence-corrected chi connectivity index (χ3v) is 7.13. The smallest absolute Gasteiger partial charge is 0.228 e. The van der Waals surface area contributed by atoms with Crippen LogP contribution in [0.25, 0.3) is 0 Å². The zero-order valence-electron chi connectivity index (χ0n) is 11.6. The van der Waals surface area contributed by atoms with Crippen LogP contribution in [0.2, 0.25) is 5.02 Å². The molecule has 1 aliphatic heterocycles. The van der Waals surface area contributed by atoms with Crippen molar-refractivity contribution in [2.45, 2.75) is 31.1 Å². The monoisotopic (exact) mass is 321 g/mol. The summed E-state index contributed by atoms with van der Waals surface area (Å²) >= 11 is 13.2. The Morgan fingerprint density at radius 2 is 1.90 bits per heavy atom. The molecule has 4 aliphatic rings. The SMILES string of the molecule is O=C1Cc2cc(C(Cl)C3C4C5CCC(C5)C43)c(Cl)cc2N1. The first kappa shape index (κ1) is 12.8. The fourth-order valence-electron chi connectivity index (χ4n) is 5.47. The van der Waals surface area contributed by atoms with Crippen molar-refractivity contribution in [1.82, 2.24) is 0 Å². The molecule has 1 aromatic rings. The van der Waals surface area contributed by atoms with E-state index in [4.69, 9.17) is 23.2 Å². The van der Waals surface area contributed by atoms with Crippen LogP contribution in [0.1, 0.15) is 35.8 Å². The Hall–Kier alpha value is -0.730. The zero-order chi connectivity index (χ0) is 14.3. The van der Waals surface area contributed by atoms with Crippen LogP contribution in [0.5, 0.6) is 0 Å². The third kappa shape index (κ3) is 1.69. The van der Waals surface area contributed by atoms with Gasteiger partial charge in [-0.15, -0.1) is 11.6 Å². The summed E-state index contributed by atoms with van der Waals surface area (Å²) in [6.45, 7) is 0. The number of fused-ring (bicyclic) bond motifs is 6. The molecule has 3 fully saturated rings. The average molecular weight is 322 g/mol. The number of anilines is 1. The van der Waals surface area contributed by atoms with Gasteiger partial charge in [-0.25, -0.2) is 0 Å². The van der Waals surface area contributed by atoms with E-state index in [9.17, 15) is 4.79 Å². The highest BCUT2D eigenvalue weighted by molar-refractivity contribution is 6.33. The van der Waals surface area contributed by atoms with Gasteiger partial charge in [0.15, 0.2) is 0 Å². The lowest BCUT2D eigenvalue weighted by molar-refractivity contribution is -0.115. The highest BCUT2D eigenvalue weighted by Crippen LogP contribution is 2.73. The van der Waals surface area contributed by atoms with E-state index in [1.54, 1.807) is 0 Å². The molecule has 3 saturated carbocycles. The van der Waals surface area contributed by atoms with Gasteiger partial charge in [0.25, 0.3) is 0 Å². The van der Waals surface area contributed by atoms with E-state index in [-0.39, 0.29) is 11.3 Å². The topological polar surface area (TPSA) is 29.1 Å². The number of alkyl halides is 1. The number of hydrogen-bond acceptors (Lipinski definition) is 1. The Balaban J connectivity index is 1.46. The number of carbonyl (C=O) groups is 1. The molecule has 2 bridgehead atoms. The second-order valence-electron chi connectivity index (χ2n) is 7.22. The first-order valence-corrected chi connectivity index (χ1v) is 8.71. The van der Waals surface area contributed by atoms with Crippen molar-refractivity contribution in [3.63, 3.8) is 0 Å². The van der Waals surface area contributed by atoms with Gasteiger partial charge in [0.05, 0.1) is 11.8 Å². The Morgan fingerprint density at radius 1 is 1.19 bits per heavy atom. The van der Waals surface area contributed by atoms with Crippen molar-refractivity contribution in [3.05, 3.63) is 28.3 Å². The fraction of sp³-hybridized carbons (Fsp3) is 0.588. The first-order valence-electron chi connectivity index (χ1n) is 7.89. The van der Waals surface area contributed by atoms with E-state index in [1.807, 2.05) is 6.07 Å². The van der Waals surface area contributed by atoms with Crippen LogP contribution in [0, 0.1) is 29.6 Å². The molecule has 5 rings (SSSR count). The Kier molecular flexibility index (Phi) is 2.54. The van der Waals surface area contributed by atoms with E-state index in [2.05, 4.69) is 11.4 Å². The molecule has 0 radical (unpaired) electrons. The first-order chi connectivity index (χ1) is 10.1. The predicted octanol–water partition coefficient (Wildman–Crippen LogP) is 4.41. The number of carbonyl (C=O) groups excluding carboxylic acids is 1. The number of benzene rings is 1. The standard InChI is InChI=1S/C17H17Cl2NO/c18-11-6-12-9(5-13(21)20-12)4-10(11)17(19)16-14-7-1-2-8(3-7)15(14)16/h4,6-8,14-17H,1-3,5H2,(H,20,21). The molecule has 0 saturated heterocycles. The zero-order valence-corrected chi connectivity index (χ0v) is 13.1. The van der Waals surface area contributed by atoms with Gasteiger partial charge < -0.3 is 5.32 Å². The van der Waals surface area contributed by atoms with Crippen LogP contribution in [0.4, 0.5) is 5.69 Å². The van der Waals surface area contributed by atoms with Crippen LogP contribution in [-0.2, 0) is 11.2 Å². The van der Waals surface area contributed by atoms with E-state index < -0.39 is 0 Å². The van der Waals surface area contributed by atoms with E-state index in [1.165, 1.54) is 19.3 Å². The van der Waals surface area contributed by atoms with Crippen LogP contribution < -0.4 is 5.32 Å². The summed E-state index contributed by atoms with van der Waals surface area (Å²) < 4.78 is 0. The minimum absolute atomic E-state index is 0.0110. The molecule has 21 heavy (non-hydrogen) atoms. The van der Waals surface area contributed by atoms with Gasteiger partial charge >= 0.3 is 0 Å². The van der Waals surface area contributed by atoms with Gasteiger partial charge in [0.1, 0.15) is 0 Å². The largest absolute Gasteiger partial charge is 0.325 e. The van der Waals surface area contributed by atoms with E-state index in [0.29, 0.717) is 17.4 Å². The van der Waals surface area contributed by atoms with E-state index in [0.717, 1.165) is 40.5 Å². The molecular formula is C17H17Cl2NO. The maximum absolute atomic E-state index is 11.5. The number of rotatable bonds is 2. The van der Waals surface area contributed by atoms with Crippen molar-refractivity contribution in [2.24, 2.45) is 29.6 Å². The maximum atomic E-state index is 11.5. The Labute approximate surface area is 134 Å². The van der Waals surface area contributed by atoms with Crippen molar-refractivity contribution in [1.29, 1.82) is 0 Å². The normalized spacial score (nSPS) is 39.9. The number of nitrogens with one attached hydrogen (secondary N) is 1. The summed E-state index contributed by atoms with van der Waals surface area (Å²) in [6.07, 6.45) is 4.70. The fourth-order valence-corrected chi connectivity index (χ4v) is 6.32. The summed E-state index contributed by atoms with van der Waals surface area (Å²) in [7, 11) is 0. The summed E-state index contributed by atoms with van der Waals surface area (Å²) in [5, 5.41) is 3.56. The summed E-state index contributed by atoms with van der Waals surface area (Å²) in [5.74, 6) is 4.18. The lowest BCUT2D eigenvalue weighted by Crippen LogP contribution is -2.05. The molecule has 110 valence electrons. The molecule has 0 spiro atoms. The second-order valence-corrected chi connectivity index (χ2v) is 8.10. The van der Waals surface area contributed by atoms with Crippen molar-refractivity contribution in [3.8, 4) is 0 Å². The summed E-state index contributed by atoms with van der Waals surface area (Å²) in [4.78, 5) is 11.5. The molecule has 5 atom stereocenters. The third-order valence-electron chi connectivity index (χ3n) is 6.28. The average Bonchev–Trinajstić information content (AvgIpc) is 2.75. The van der Waals surface area contributed by atoms with Gasteiger partial charge in [-0.1, -0.05) is 17.7 Å². The molecule has 3 aliphatic carbocycles. The lowest BCUT2D eigenvalue weighted by Gasteiger charge is -2.17. The predicted molar refractivity (Wildman–Crippen MR) is 83.7 cm³/mol. The van der Waals surface area contributed by atoms with Gasteiger partial charge in [-0.3, -0.25) is 4.79 Å². The second kappa shape index (κ2) is 4.17. The molecule has 0 aromatic heterocycles. The van der Waals surface area contributed by atoms with Crippen LogP contribution in [0.15, 0.2) is 12.1 Å². The van der Waals surface area contributed by atoms with Crippen LogP contribution in [-0.4, -0.2) is 5.91 Å². The minimum Gasteiger partial charge on any atom is -0.325 e. The highest BCUT2D eigenvalue weighted by atomic mass is 35.5. The quantitative estimate of drug-likeness (QED) is 0.803.